The lowest BCUT2D eigenvalue weighted by Gasteiger charge is -2.18. The number of nitrogens with zero attached hydrogens (tertiary/aromatic N) is 2. The van der Waals surface area contributed by atoms with E-state index in [1.807, 2.05) is 30.3 Å². The number of hydrogen-bond donors (Lipinski definition) is 0. The molecular weight excluding hydrogens is 357 g/mol. The molecule has 6 heteroatoms. The van der Waals surface area contributed by atoms with Gasteiger partial charge in [0.05, 0.1) is 11.6 Å². The van der Waals surface area contributed by atoms with E-state index < -0.39 is 18.6 Å². The van der Waals surface area contributed by atoms with Crippen LogP contribution in [0.1, 0.15) is 5.56 Å². The molecule has 4 rings (SSSR count). The van der Waals surface area contributed by atoms with E-state index in [1.54, 1.807) is 36.5 Å². The maximum absolute atomic E-state index is 14.6. The summed E-state index contributed by atoms with van der Waals surface area (Å²) in [6.07, 6.45) is 1.65. The summed E-state index contributed by atoms with van der Waals surface area (Å²) in [5.41, 5.74) is 1.75. The molecule has 0 fully saturated rings. The Morgan fingerprint density at radius 1 is 0.929 bits per heavy atom. The number of para-hydroxylation sites is 1. The monoisotopic (exact) mass is 370 g/mol. The zero-order valence-corrected chi connectivity index (χ0v) is 14.6. The van der Waals surface area contributed by atoms with E-state index in [1.165, 1.54) is 0 Å². The van der Waals surface area contributed by atoms with E-state index in [4.69, 9.17) is 9.92 Å². The smallest absolute Gasteiger partial charge is 0.429 e. The molecule has 4 aromatic rings. The van der Waals surface area contributed by atoms with Crippen LogP contribution in [0.4, 0.5) is 8.78 Å². The molecule has 0 unspecified atom stereocenters. The molecule has 0 amide bonds. The molecule has 0 bridgehead atoms. The van der Waals surface area contributed by atoms with Crippen LogP contribution in [0.25, 0.3) is 10.9 Å². The third-order valence-corrected chi connectivity index (χ3v) is 4.42. The average molecular weight is 370 g/mol. The summed E-state index contributed by atoms with van der Waals surface area (Å²) < 4.78 is 34.6. The average Bonchev–Trinajstić information content (AvgIpc) is 2.74. The number of benzene rings is 3. The van der Waals surface area contributed by atoms with Crippen molar-refractivity contribution in [2.24, 2.45) is 0 Å². The summed E-state index contributed by atoms with van der Waals surface area (Å²) in [5.74, 6) is -0.685. The van der Waals surface area contributed by atoms with E-state index in [-0.39, 0.29) is 5.46 Å². The minimum atomic E-state index is -0.906. The fraction of sp³-hybridized carbons (Fsp3) is 0. The first-order chi connectivity index (χ1) is 13.7. The molecule has 0 atom stereocenters. The van der Waals surface area contributed by atoms with Crippen molar-refractivity contribution in [1.82, 2.24) is 4.98 Å². The fourth-order valence-corrected chi connectivity index (χ4v) is 3.06. The number of hydrogen-bond acceptors (Lipinski definition) is 3. The van der Waals surface area contributed by atoms with E-state index in [0.717, 1.165) is 23.6 Å². The molecule has 3 nitrogen and oxygen atoms in total. The predicted molar refractivity (Wildman–Crippen MR) is 105 cm³/mol. The minimum Gasteiger partial charge on any atom is -0.550 e. The van der Waals surface area contributed by atoms with Crippen LogP contribution in [0.15, 0.2) is 79.0 Å². The first-order valence-electron chi connectivity index (χ1n) is 8.61. The van der Waals surface area contributed by atoms with Crippen molar-refractivity contribution in [1.29, 1.82) is 5.26 Å². The molecule has 28 heavy (non-hydrogen) atoms. The maximum Gasteiger partial charge on any atom is 0.429 e. The van der Waals surface area contributed by atoms with Crippen molar-refractivity contribution in [3.63, 3.8) is 0 Å². The van der Waals surface area contributed by atoms with Crippen molar-refractivity contribution >= 4 is 28.7 Å². The highest BCUT2D eigenvalue weighted by atomic mass is 19.1. The van der Waals surface area contributed by atoms with E-state index in [2.05, 4.69) is 4.98 Å². The Morgan fingerprint density at radius 2 is 1.71 bits per heavy atom. The minimum absolute atomic E-state index is 0.0673. The van der Waals surface area contributed by atoms with Crippen molar-refractivity contribution in [2.45, 2.75) is 0 Å². The summed E-state index contributed by atoms with van der Waals surface area (Å²) in [6.45, 7) is -0.906. The molecule has 0 saturated heterocycles. The Hall–Kier alpha value is -3.72. The molecule has 0 radical (unpaired) electrons. The Bertz CT molecular complexity index is 1180. The largest absolute Gasteiger partial charge is 0.550 e. The molecule has 0 saturated carbocycles. The number of pyridine rings is 1. The highest BCUT2D eigenvalue weighted by Crippen LogP contribution is 2.23. The second kappa shape index (κ2) is 7.49. The van der Waals surface area contributed by atoms with Crippen LogP contribution in [0.5, 0.6) is 5.75 Å². The number of halogens is 2. The molecule has 0 spiro atoms. The summed E-state index contributed by atoms with van der Waals surface area (Å²) in [5, 5.41) is 9.89. The van der Waals surface area contributed by atoms with Crippen LogP contribution < -0.4 is 15.6 Å². The van der Waals surface area contributed by atoms with Crippen LogP contribution in [0.2, 0.25) is 0 Å². The quantitative estimate of drug-likeness (QED) is 0.516. The van der Waals surface area contributed by atoms with Gasteiger partial charge in [0, 0.05) is 17.0 Å². The van der Waals surface area contributed by atoms with Crippen molar-refractivity contribution < 1.29 is 13.4 Å². The third kappa shape index (κ3) is 3.43. The summed E-state index contributed by atoms with van der Waals surface area (Å²) in [6, 6.07) is 21.0. The van der Waals surface area contributed by atoms with Crippen molar-refractivity contribution in [3.05, 3.63) is 96.2 Å². The van der Waals surface area contributed by atoms with Crippen LogP contribution in [-0.4, -0.2) is 11.9 Å². The fourth-order valence-electron chi connectivity index (χ4n) is 3.06. The molecule has 0 aliphatic carbocycles. The normalized spacial score (nSPS) is 10.5. The SMILES string of the molecule is N#Cc1ccc(B(Oc2cccc3cccnc23)c2cc(F)ccc2F)cc1. The third-order valence-electron chi connectivity index (χ3n) is 4.42. The van der Waals surface area contributed by atoms with Crippen LogP contribution in [-0.2, 0) is 0 Å². The molecule has 134 valence electrons. The van der Waals surface area contributed by atoms with Gasteiger partial charge < -0.3 is 4.65 Å². The highest BCUT2D eigenvalue weighted by Gasteiger charge is 2.28. The molecule has 3 aromatic carbocycles. The van der Waals surface area contributed by atoms with Crippen molar-refractivity contribution in [3.8, 4) is 11.8 Å². The molecular formula is C22H13BF2N2O. The van der Waals surface area contributed by atoms with Crippen LogP contribution in [0, 0.1) is 23.0 Å². The zero-order chi connectivity index (χ0) is 19.5. The molecule has 0 aliphatic heterocycles. The first kappa shape index (κ1) is 17.7. The number of aromatic nitrogens is 1. The number of rotatable bonds is 4. The van der Waals surface area contributed by atoms with Gasteiger partial charge in [0.1, 0.15) is 22.9 Å². The van der Waals surface area contributed by atoms with Gasteiger partial charge in [-0.25, -0.2) is 8.78 Å². The highest BCUT2D eigenvalue weighted by molar-refractivity contribution is 6.80. The van der Waals surface area contributed by atoms with Gasteiger partial charge in [0.25, 0.3) is 0 Å². The Morgan fingerprint density at radius 3 is 2.50 bits per heavy atom. The van der Waals surface area contributed by atoms with Gasteiger partial charge in [-0.2, -0.15) is 5.26 Å². The molecule has 0 aliphatic rings. The second-order valence-electron chi connectivity index (χ2n) is 6.23. The molecule has 1 aromatic heterocycles. The van der Waals surface area contributed by atoms with Crippen molar-refractivity contribution in [2.75, 3.05) is 0 Å². The summed E-state index contributed by atoms with van der Waals surface area (Å²) >= 11 is 0. The first-order valence-corrected chi connectivity index (χ1v) is 8.61. The standard InChI is InChI=1S/C22H13BF2N2O/c24-18-10-11-20(25)19(13-18)23(17-8-6-15(14-26)7-9-17)28-21-5-1-3-16-4-2-12-27-22(16)21/h1-13H. The van der Waals surface area contributed by atoms with Gasteiger partial charge in [0.15, 0.2) is 0 Å². The zero-order valence-electron chi connectivity index (χ0n) is 14.6. The van der Waals surface area contributed by atoms with Gasteiger partial charge in [-0.1, -0.05) is 30.3 Å². The van der Waals surface area contributed by atoms with Crippen LogP contribution in [0.3, 0.4) is 0 Å². The van der Waals surface area contributed by atoms with E-state index in [9.17, 15) is 8.78 Å². The lowest BCUT2D eigenvalue weighted by molar-refractivity contribution is 0.581. The lowest BCUT2D eigenvalue weighted by Crippen LogP contribution is -2.49. The van der Waals surface area contributed by atoms with Crippen LogP contribution >= 0.6 is 0 Å². The van der Waals surface area contributed by atoms with E-state index in [0.29, 0.717) is 22.3 Å². The Kier molecular flexibility index (Phi) is 4.73. The van der Waals surface area contributed by atoms with Gasteiger partial charge in [-0.3, -0.25) is 4.98 Å². The number of nitriles is 1. The van der Waals surface area contributed by atoms with E-state index >= 15 is 0 Å². The summed E-state index contributed by atoms with van der Waals surface area (Å²) in [4.78, 5) is 4.35. The van der Waals surface area contributed by atoms with Gasteiger partial charge in [-0.15, -0.1) is 0 Å². The van der Waals surface area contributed by atoms with Gasteiger partial charge >= 0.3 is 6.92 Å². The van der Waals surface area contributed by atoms with Gasteiger partial charge in [-0.05, 0) is 47.9 Å². The number of fused-ring (bicyclic) bond motifs is 1. The lowest BCUT2D eigenvalue weighted by atomic mass is 9.55. The Labute approximate surface area is 161 Å². The molecule has 1 heterocycles. The predicted octanol–water partition coefficient (Wildman–Crippen LogP) is 3.57. The topological polar surface area (TPSA) is 45.9 Å². The summed E-state index contributed by atoms with van der Waals surface area (Å²) in [7, 11) is 0. The second-order valence-corrected chi connectivity index (χ2v) is 6.23. The maximum atomic E-state index is 14.6. The Balaban J connectivity index is 1.85. The van der Waals surface area contributed by atoms with Gasteiger partial charge in [0.2, 0.25) is 0 Å². The molecule has 0 N–H and O–H groups in total.